The molecule has 0 radical (unpaired) electrons. The Bertz CT molecular complexity index is 1040. The molecule has 2 atom stereocenters. The van der Waals surface area contributed by atoms with Gasteiger partial charge in [-0.1, -0.05) is 11.3 Å². The molecule has 2 aromatic heterocycles. The van der Waals surface area contributed by atoms with Crippen LogP contribution in [0.3, 0.4) is 0 Å². The van der Waals surface area contributed by atoms with Gasteiger partial charge in [0.2, 0.25) is 11.8 Å². The Morgan fingerprint density at radius 2 is 2.19 bits per heavy atom. The van der Waals surface area contributed by atoms with Gasteiger partial charge in [0.05, 0.1) is 12.7 Å². The summed E-state index contributed by atoms with van der Waals surface area (Å²) in [6, 6.07) is 3.27. The Morgan fingerprint density at radius 3 is 2.91 bits per heavy atom. The number of rotatable bonds is 9. The van der Waals surface area contributed by atoms with Crippen molar-refractivity contribution in [1.29, 1.82) is 0 Å². The standard InChI is InChI=1S/C22H25F2N3O4S/c1-13(25-14(2)28)11-29-17-9-22(24,10-17)12-30-19-8-7-18-20(27-19)32-21(26-18)31-16-5-3-15(23)4-6-16/h3,5-8,13,15,17H,4,9-12H2,1-2H3,(H,25,28)/t13-,15?,17-,22+/m0/s1. The average molecular weight is 466 g/mol. The number of fused-ring (bicyclic) bond motifs is 1. The Balaban J connectivity index is 1.26. The second kappa shape index (κ2) is 9.50. The van der Waals surface area contributed by atoms with Crippen LogP contribution in [0.4, 0.5) is 8.78 Å². The molecule has 2 aliphatic carbocycles. The Kier molecular flexibility index (Phi) is 6.71. The monoisotopic (exact) mass is 465 g/mol. The van der Waals surface area contributed by atoms with Crippen LogP contribution in [-0.2, 0) is 9.53 Å². The van der Waals surface area contributed by atoms with Gasteiger partial charge in [0, 0.05) is 38.3 Å². The summed E-state index contributed by atoms with van der Waals surface area (Å²) >= 11 is 1.24. The first-order chi connectivity index (χ1) is 15.3. The van der Waals surface area contributed by atoms with Crippen LogP contribution in [-0.4, -0.2) is 53.1 Å². The number of hydrogen-bond acceptors (Lipinski definition) is 7. The molecule has 0 saturated heterocycles. The average Bonchev–Trinajstić information content (AvgIpc) is 3.12. The maximum absolute atomic E-state index is 14.8. The van der Waals surface area contributed by atoms with Crippen molar-refractivity contribution in [2.24, 2.45) is 0 Å². The molecule has 2 heterocycles. The largest absolute Gasteiger partial charge is 0.474 e. The number of carbonyl (C=O) groups is 1. The third kappa shape index (κ3) is 5.80. The number of thiazole rings is 1. The van der Waals surface area contributed by atoms with Crippen molar-refractivity contribution in [2.75, 3.05) is 13.2 Å². The van der Waals surface area contributed by atoms with Crippen LogP contribution < -0.4 is 14.8 Å². The van der Waals surface area contributed by atoms with E-state index in [-0.39, 0.29) is 43.9 Å². The van der Waals surface area contributed by atoms with Crippen molar-refractivity contribution in [1.82, 2.24) is 15.3 Å². The number of amides is 1. The Hall–Kier alpha value is -2.59. The summed E-state index contributed by atoms with van der Waals surface area (Å²) in [7, 11) is 0. The molecule has 1 unspecified atom stereocenters. The predicted octanol–water partition coefficient (Wildman–Crippen LogP) is 4.04. The van der Waals surface area contributed by atoms with Gasteiger partial charge in [-0.05, 0) is 31.2 Å². The fourth-order valence-corrected chi connectivity index (χ4v) is 4.32. The summed E-state index contributed by atoms with van der Waals surface area (Å²) in [5.74, 6) is 0.734. The molecule has 0 aliphatic heterocycles. The number of allylic oxidation sites excluding steroid dienone is 3. The number of halogens is 2. The van der Waals surface area contributed by atoms with Gasteiger partial charge in [0.1, 0.15) is 29.7 Å². The third-order valence-electron chi connectivity index (χ3n) is 5.13. The normalized spacial score (nSPS) is 25.7. The predicted molar refractivity (Wildman–Crippen MR) is 116 cm³/mol. The maximum atomic E-state index is 14.8. The number of pyridine rings is 1. The lowest BCUT2D eigenvalue weighted by atomic mass is 9.79. The van der Waals surface area contributed by atoms with Crippen LogP contribution >= 0.6 is 11.3 Å². The van der Waals surface area contributed by atoms with Gasteiger partial charge in [-0.25, -0.2) is 18.7 Å². The highest BCUT2D eigenvalue weighted by Gasteiger charge is 2.46. The summed E-state index contributed by atoms with van der Waals surface area (Å²) in [6.45, 7) is 3.52. The molecule has 1 fully saturated rings. The van der Waals surface area contributed by atoms with Gasteiger partial charge >= 0.3 is 0 Å². The van der Waals surface area contributed by atoms with Gasteiger partial charge in [0.15, 0.2) is 4.83 Å². The van der Waals surface area contributed by atoms with Crippen LogP contribution in [0.5, 0.6) is 11.1 Å². The minimum absolute atomic E-state index is 0.114. The molecule has 1 saturated carbocycles. The third-order valence-corrected chi connectivity index (χ3v) is 5.97. The molecule has 1 amide bonds. The molecule has 10 heteroatoms. The quantitative estimate of drug-likeness (QED) is 0.602. The Labute approximate surface area is 188 Å². The van der Waals surface area contributed by atoms with E-state index in [0.717, 1.165) is 0 Å². The number of hydrogen-bond donors (Lipinski definition) is 1. The second-order valence-corrected chi connectivity index (χ2v) is 9.12. The zero-order valence-corrected chi connectivity index (χ0v) is 18.7. The van der Waals surface area contributed by atoms with Crippen LogP contribution in [0.2, 0.25) is 0 Å². The molecule has 1 N–H and O–H groups in total. The van der Waals surface area contributed by atoms with Crippen LogP contribution in [0, 0.1) is 0 Å². The topological polar surface area (TPSA) is 82.6 Å². The van der Waals surface area contributed by atoms with E-state index in [1.165, 1.54) is 24.3 Å². The maximum Gasteiger partial charge on any atom is 0.281 e. The van der Waals surface area contributed by atoms with E-state index in [9.17, 15) is 13.6 Å². The van der Waals surface area contributed by atoms with Crippen molar-refractivity contribution in [3.05, 3.63) is 36.1 Å². The summed E-state index contributed by atoms with van der Waals surface area (Å²) in [4.78, 5) is 20.4. The first kappa shape index (κ1) is 22.6. The number of carbonyl (C=O) groups excluding carboxylic acids is 1. The molecule has 4 rings (SSSR count). The summed E-state index contributed by atoms with van der Waals surface area (Å²) < 4.78 is 44.9. The van der Waals surface area contributed by atoms with Crippen molar-refractivity contribution in [3.63, 3.8) is 0 Å². The lowest BCUT2D eigenvalue weighted by molar-refractivity contribution is -0.125. The molecule has 32 heavy (non-hydrogen) atoms. The number of alkyl halides is 2. The Morgan fingerprint density at radius 1 is 1.38 bits per heavy atom. The minimum Gasteiger partial charge on any atom is -0.474 e. The molecule has 0 bridgehead atoms. The highest BCUT2D eigenvalue weighted by atomic mass is 32.1. The molecule has 7 nitrogen and oxygen atoms in total. The fraction of sp³-hybridized carbons (Fsp3) is 0.500. The van der Waals surface area contributed by atoms with Gasteiger partial charge in [0.25, 0.3) is 5.19 Å². The molecule has 172 valence electrons. The van der Waals surface area contributed by atoms with E-state index in [1.807, 2.05) is 6.92 Å². The van der Waals surface area contributed by atoms with Crippen molar-refractivity contribution in [3.8, 4) is 11.1 Å². The van der Waals surface area contributed by atoms with Gasteiger partial charge in [-0.15, -0.1) is 0 Å². The highest BCUT2D eigenvalue weighted by molar-refractivity contribution is 7.19. The summed E-state index contributed by atoms with van der Waals surface area (Å²) in [5, 5.41) is 3.12. The molecule has 0 spiro atoms. The second-order valence-electron chi connectivity index (χ2n) is 8.18. The van der Waals surface area contributed by atoms with Crippen molar-refractivity contribution >= 4 is 27.6 Å². The summed E-state index contributed by atoms with van der Waals surface area (Å²) in [5.41, 5.74) is -0.823. The van der Waals surface area contributed by atoms with E-state index in [2.05, 4.69) is 15.3 Å². The van der Waals surface area contributed by atoms with Gasteiger partial charge in [-0.2, -0.15) is 0 Å². The number of ether oxygens (including phenoxy) is 3. The van der Waals surface area contributed by atoms with Crippen molar-refractivity contribution < 1.29 is 27.8 Å². The SMILES string of the molecule is CC(=O)N[C@@H](C)CO[C@H]1C[C@](F)(COc2ccc3nc(OC4=CCC(F)C=C4)sc3n2)C1. The van der Waals surface area contributed by atoms with E-state index in [0.29, 0.717) is 33.8 Å². The van der Waals surface area contributed by atoms with Crippen LogP contribution in [0.15, 0.2) is 36.1 Å². The highest BCUT2D eigenvalue weighted by Crippen LogP contribution is 2.39. The lowest BCUT2D eigenvalue weighted by Gasteiger charge is -2.40. The number of nitrogens with zero attached hydrogens (tertiary/aromatic N) is 2. The molecule has 2 aliphatic rings. The van der Waals surface area contributed by atoms with Gasteiger partial charge < -0.3 is 19.5 Å². The molecular weight excluding hydrogens is 440 g/mol. The number of nitrogens with one attached hydrogen (secondary N) is 1. The number of aromatic nitrogens is 2. The molecule has 2 aromatic rings. The lowest BCUT2D eigenvalue weighted by Crippen LogP contribution is -2.50. The molecular formula is C22H25F2N3O4S. The van der Waals surface area contributed by atoms with Crippen LogP contribution in [0.25, 0.3) is 10.3 Å². The zero-order valence-electron chi connectivity index (χ0n) is 17.8. The first-order valence-electron chi connectivity index (χ1n) is 10.5. The summed E-state index contributed by atoms with van der Waals surface area (Å²) in [6.07, 6.45) is 4.28. The van der Waals surface area contributed by atoms with E-state index >= 15 is 0 Å². The molecule has 0 aromatic carbocycles. The van der Waals surface area contributed by atoms with E-state index in [4.69, 9.17) is 14.2 Å². The first-order valence-corrected chi connectivity index (χ1v) is 11.3. The van der Waals surface area contributed by atoms with Crippen molar-refractivity contribution in [2.45, 2.75) is 57.1 Å². The van der Waals surface area contributed by atoms with Gasteiger partial charge in [-0.3, -0.25) is 4.79 Å². The fourth-order valence-electron chi connectivity index (χ4n) is 3.52. The van der Waals surface area contributed by atoms with Crippen LogP contribution in [0.1, 0.15) is 33.1 Å². The van der Waals surface area contributed by atoms with E-state index in [1.54, 1.807) is 24.3 Å². The van der Waals surface area contributed by atoms with E-state index < -0.39 is 11.8 Å². The minimum atomic E-state index is -1.46. The zero-order chi connectivity index (χ0) is 22.7. The smallest absolute Gasteiger partial charge is 0.281 e.